The standard InChI is InChI=1S/C20H21N3O2S/c1-25-20(24)14-2-3-17-16(12-14)18(4-7-21-17)22-8-10-23-9-5-19-15(13-23)6-11-26-19/h2-4,6-7,11-12H,5,8-10,13H2,1H3,(H,21,22). The number of methoxy groups -OCH3 is 1. The molecule has 4 rings (SSSR count). The molecule has 0 amide bonds. The SMILES string of the molecule is COC(=O)c1ccc2nccc(NCCN3CCc4sccc4C3)c2c1. The fourth-order valence-electron chi connectivity index (χ4n) is 3.39. The van der Waals surface area contributed by atoms with E-state index in [2.05, 4.69) is 26.6 Å². The van der Waals surface area contributed by atoms with Crippen LogP contribution in [0.2, 0.25) is 0 Å². The maximum absolute atomic E-state index is 11.8. The molecule has 0 bridgehead atoms. The lowest BCUT2D eigenvalue weighted by molar-refractivity contribution is 0.0601. The molecule has 0 aliphatic carbocycles. The minimum absolute atomic E-state index is 0.332. The van der Waals surface area contributed by atoms with E-state index >= 15 is 0 Å². The van der Waals surface area contributed by atoms with Gasteiger partial charge in [-0.3, -0.25) is 9.88 Å². The zero-order valence-corrected chi connectivity index (χ0v) is 15.5. The van der Waals surface area contributed by atoms with Gasteiger partial charge in [0.15, 0.2) is 0 Å². The van der Waals surface area contributed by atoms with Crippen molar-refractivity contribution < 1.29 is 9.53 Å². The maximum Gasteiger partial charge on any atom is 0.337 e. The van der Waals surface area contributed by atoms with Gasteiger partial charge < -0.3 is 10.1 Å². The van der Waals surface area contributed by atoms with E-state index in [1.807, 2.05) is 29.5 Å². The van der Waals surface area contributed by atoms with Gasteiger partial charge in [0.1, 0.15) is 0 Å². The number of anilines is 1. The number of ether oxygens (including phenoxy) is 1. The molecule has 1 aromatic carbocycles. The van der Waals surface area contributed by atoms with E-state index in [9.17, 15) is 4.79 Å². The van der Waals surface area contributed by atoms with E-state index < -0.39 is 0 Å². The quantitative estimate of drug-likeness (QED) is 0.699. The molecule has 1 N–H and O–H groups in total. The second-order valence-corrected chi connectivity index (χ2v) is 7.40. The van der Waals surface area contributed by atoms with Crippen LogP contribution in [0.5, 0.6) is 0 Å². The van der Waals surface area contributed by atoms with Crippen LogP contribution in [-0.2, 0) is 17.7 Å². The lowest BCUT2D eigenvalue weighted by Gasteiger charge is -2.27. The van der Waals surface area contributed by atoms with Gasteiger partial charge in [0, 0.05) is 48.3 Å². The third kappa shape index (κ3) is 3.43. The first-order valence-electron chi connectivity index (χ1n) is 8.73. The highest BCUT2D eigenvalue weighted by atomic mass is 32.1. The Morgan fingerprint density at radius 1 is 1.35 bits per heavy atom. The summed E-state index contributed by atoms with van der Waals surface area (Å²) < 4.78 is 4.82. The average Bonchev–Trinajstić information content (AvgIpc) is 3.15. The van der Waals surface area contributed by atoms with Crippen LogP contribution in [-0.4, -0.2) is 42.6 Å². The molecular formula is C20H21N3O2S. The molecule has 2 aromatic heterocycles. The van der Waals surface area contributed by atoms with Crippen molar-refractivity contribution in [2.45, 2.75) is 13.0 Å². The third-order valence-corrected chi connectivity index (χ3v) is 5.82. The summed E-state index contributed by atoms with van der Waals surface area (Å²) in [6.45, 7) is 3.97. The van der Waals surface area contributed by atoms with E-state index in [0.717, 1.165) is 49.2 Å². The normalized spacial score (nSPS) is 14.2. The smallest absolute Gasteiger partial charge is 0.337 e. The summed E-state index contributed by atoms with van der Waals surface area (Å²) >= 11 is 1.87. The molecule has 0 fully saturated rings. The van der Waals surface area contributed by atoms with Gasteiger partial charge in [0.2, 0.25) is 0 Å². The zero-order chi connectivity index (χ0) is 17.9. The van der Waals surface area contributed by atoms with E-state index in [1.165, 1.54) is 17.6 Å². The first-order chi connectivity index (χ1) is 12.7. The molecule has 1 aliphatic rings. The summed E-state index contributed by atoms with van der Waals surface area (Å²) in [6.07, 6.45) is 2.94. The summed E-state index contributed by atoms with van der Waals surface area (Å²) in [5, 5.41) is 6.63. The fraction of sp³-hybridized carbons (Fsp3) is 0.300. The predicted molar refractivity (Wildman–Crippen MR) is 105 cm³/mol. The molecule has 1 aliphatic heterocycles. The van der Waals surface area contributed by atoms with Gasteiger partial charge in [-0.1, -0.05) is 0 Å². The van der Waals surface area contributed by atoms with Gasteiger partial charge in [-0.25, -0.2) is 4.79 Å². The number of fused-ring (bicyclic) bond motifs is 2. The number of nitrogens with one attached hydrogen (secondary N) is 1. The number of benzene rings is 1. The molecule has 26 heavy (non-hydrogen) atoms. The molecular weight excluding hydrogens is 346 g/mol. The number of nitrogens with zero attached hydrogens (tertiary/aromatic N) is 2. The molecule has 3 heterocycles. The molecule has 0 unspecified atom stereocenters. The summed E-state index contributed by atoms with van der Waals surface area (Å²) in [5.74, 6) is -0.332. The maximum atomic E-state index is 11.8. The van der Waals surface area contributed by atoms with Crippen molar-refractivity contribution in [2.75, 3.05) is 32.1 Å². The lowest BCUT2D eigenvalue weighted by atomic mass is 10.1. The summed E-state index contributed by atoms with van der Waals surface area (Å²) in [5.41, 5.74) is 3.87. The number of esters is 1. The molecule has 3 aromatic rings. The topological polar surface area (TPSA) is 54.5 Å². The van der Waals surface area contributed by atoms with Crippen molar-refractivity contribution in [3.63, 3.8) is 0 Å². The van der Waals surface area contributed by atoms with Crippen LogP contribution in [0.3, 0.4) is 0 Å². The highest BCUT2D eigenvalue weighted by Crippen LogP contribution is 2.25. The molecule has 0 atom stereocenters. The van der Waals surface area contributed by atoms with Crippen molar-refractivity contribution in [2.24, 2.45) is 0 Å². The highest BCUT2D eigenvalue weighted by Gasteiger charge is 2.16. The van der Waals surface area contributed by atoms with E-state index in [1.54, 1.807) is 12.3 Å². The Balaban J connectivity index is 1.44. The number of carbonyl (C=O) groups is 1. The minimum atomic E-state index is -0.332. The van der Waals surface area contributed by atoms with Crippen LogP contribution in [0.15, 0.2) is 41.9 Å². The van der Waals surface area contributed by atoms with Crippen LogP contribution < -0.4 is 5.32 Å². The molecule has 0 saturated carbocycles. The molecule has 0 saturated heterocycles. The van der Waals surface area contributed by atoms with Crippen LogP contribution in [0.1, 0.15) is 20.8 Å². The Morgan fingerprint density at radius 2 is 2.27 bits per heavy atom. The lowest BCUT2D eigenvalue weighted by Crippen LogP contribution is -2.33. The molecule has 0 spiro atoms. The van der Waals surface area contributed by atoms with Gasteiger partial charge in [-0.05, 0) is 47.7 Å². The van der Waals surface area contributed by atoms with Crippen LogP contribution >= 0.6 is 11.3 Å². The summed E-state index contributed by atoms with van der Waals surface area (Å²) in [4.78, 5) is 20.2. The van der Waals surface area contributed by atoms with Crippen molar-refractivity contribution in [1.82, 2.24) is 9.88 Å². The van der Waals surface area contributed by atoms with Crippen molar-refractivity contribution in [3.05, 3.63) is 57.9 Å². The van der Waals surface area contributed by atoms with Crippen LogP contribution in [0.25, 0.3) is 10.9 Å². The molecule has 134 valence electrons. The third-order valence-electron chi connectivity index (χ3n) is 4.79. The van der Waals surface area contributed by atoms with E-state index in [4.69, 9.17) is 4.74 Å². The number of hydrogen-bond acceptors (Lipinski definition) is 6. The second kappa shape index (κ2) is 7.43. The fourth-order valence-corrected chi connectivity index (χ4v) is 4.28. The Hall–Kier alpha value is -2.44. The van der Waals surface area contributed by atoms with Gasteiger partial charge in [0.05, 0.1) is 18.2 Å². The van der Waals surface area contributed by atoms with Gasteiger partial charge >= 0.3 is 5.97 Å². The summed E-state index contributed by atoms with van der Waals surface area (Å²) in [6, 6.07) is 9.64. The molecule has 0 radical (unpaired) electrons. The largest absolute Gasteiger partial charge is 0.465 e. The predicted octanol–water partition coefficient (Wildman–Crippen LogP) is 3.55. The molecule has 6 heteroatoms. The monoisotopic (exact) mass is 367 g/mol. The number of hydrogen-bond donors (Lipinski definition) is 1. The number of pyridine rings is 1. The zero-order valence-electron chi connectivity index (χ0n) is 14.7. The van der Waals surface area contributed by atoms with Gasteiger partial charge in [-0.15, -0.1) is 11.3 Å². The second-order valence-electron chi connectivity index (χ2n) is 6.40. The first-order valence-corrected chi connectivity index (χ1v) is 9.61. The molecule has 5 nitrogen and oxygen atoms in total. The first kappa shape index (κ1) is 17.0. The average molecular weight is 367 g/mol. The van der Waals surface area contributed by atoms with E-state index in [-0.39, 0.29) is 5.97 Å². The highest BCUT2D eigenvalue weighted by molar-refractivity contribution is 7.10. The van der Waals surface area contributed by atoms with Crippen LogP contribution in [0.4, 0.5) is 5.69 Å². The van der Waals surface area contributed by atoms with E-state index in [0.29, 0.717) is 5.56 Å². The number of carbonyl (C=O) groups excluding carboxylic acids is 1. The summed E-state index contributed by atoms with van der Waals surface area (Å²) in [7, 11) is 1.40. The Bertz CT molecular complexity index is 938. The van der Waals surface area contributed by atoms with Gasteiger partial charge in [-0.2, -0.15) is 0 Å². The van der Waals surface area contributed by atoms with Crippen molar-refractivity contribution >= 4 is 33.9 Å². The number of thiophene rings is 1. The van der Waals surface area contributed by atoms with Crippen LogP contribution in [0, 0.1) is 0 Å². The van der Waals surface area contributed by atoms with Crippen molar-refractivity contribution in [3.8, 4) is 0 Å². The van der Waals surface area contributed by atoms with Gasteiger partial charge in [0.25, 0.3) is 0 Å². The van der Waals surface area contributed by atoms with Crippen molar-refractivity contribution in [1.29, 1.82) is 0 Å². The Labute approximate surface area is 156 Å². The Morgan fingerprint density at radius 3 is 3.15 bits per heavy atom. The number of aromatic nitrogens is 1. The minimum Gasteiger partial charge on any atom is -0.465 e. The Kier molecular flexibility index (Phi) is 4.86. The number of rotatable bonds is 5.